The fourth-order valence-electron chi connectivity index (χ4n) is 2.82. The Morgan fingerprint density at radius 1 is 1.27 bits per heavy atom. The lowest BCUT2D eigenvalue weighted by molar-refractivity contribution is 0.0952. The van der Waals surface area contributed by atoms with Gasteiger partial charge in [-0.3, -0.25) is 14.2 Å². The maximum Gasteiger partial charge on any atom is 0.251 e. The molecule has 26 heavy (non-hydrogen) atoms. The number of nitrogens with one attached hydrogen (secondary N) is 1. The highest BCUT2D eigenvalue weighted by atomic mass is 79.9. The highest BCUT2D eigenvalue weighted by Gasteiger charge is 2.07. The predicted octanol–water partition coefficient (Wildman–Crippen LogP) is 3.33. The van der Waals surface area contributed by atoms with Crippen molar-refractivity contribution in [2.75, 3.05) is 6.54 Å². The molecule has 0 unspecified atom stereocenters. The van der Waals surface area contributed by atoms with Gasteiger partial charge in [0.1, 0.15) is 0 Å². The largest absolute Gasteiger partial charge is 0.352 e. The maximum absolute atomic E-state index is 12.4. The molecule has 0 fully saturated rings. The Labute approximate surface area is 161 Å². The predicted molar refractivity (Wildman–Crippen MR) is 104 cm³/mol. The first-order valence-corrected chi connectivity index (χ1v) is 9.37. The SMILES string of the molecule is Cc1cc(C)n(Cc2cccc(C(=O)NCCCn3cc(Br)cn3)c2)n1. The molecule has 0 aliphatic carbocycles. The van der Waals surface area contributed by atoms with Gasteiger partial charge in [-0.25, -0.2) is 0 Å². The minimum absolute atomic E-state index is 0.0538. The Morgan fingerprint density at radius 3 is 2.81 bits per heavy atom. The van der Waals surface area contributed by atoms with Crippen molar-refractivity contribution in [1.82, 2.24) is 24.9 Å². The fourth-order valence-corrected chi connectivity index (χ4v) is 3.15. The lowest BCUT2D eigenvalue weighted by atomic mass is 10.1. The van der Waals surface area contributed by atoms with E-state index in [0.29, 0.717) is 18.7 Å². The van der Waals surface area contributed by atoms with E-state index < -0.39 is 0 Å². The van der Waals surface area contributed by atoms with Gasteiger partial charge < -0.3 is 5.32 Å². The van der Waals surface area contributed by atoms with Gasteiger partial charge in [-0.15, -0.1) is 0 Å². The van der Waals surface area contributed by atoms with Crippen LogP contribution in [-0.2, 0) is 13.1 Å². The summed E-state index contributed by atoms with van der Waals surface area (Å²) in [4.78, 5) is 12.4. The standard InChI is InChI=1S/C19H22BrN5O/c1-14-9-15(2)25(23-14)12-16-5-3-6-17(10-16)19(26)21-7-4-8-24-13-18(20)11-22-24/h3,5-6,9-11,13H,4,7-8,12H2,1-2H3,(H,21,26). The quantitative estimate of drug-likeness (QED) is 0.601. The van der Waals surface area contributed by atoms with Crippen molar-refractivity contribution in [3.63, 3.8) is 0 Å². The number of halogens is 1. The molecule has 1 amide bonds. The number of amides is 1. The molecule has 0 saturated heterocycles. The Bertz CT molecular complexity index is 899. The average Bonchev–Trinajstić information content (AvgIpc) is 3.16. The number of hydrogen-bond donors (Lipinski definition) is 1. The minimum atomic E-state index is -0.0538. The highest BCUT2D eigenvalue weighted by molar-refractivity contribution is 9.10. The summed E-state index contributed by atoms with van der Waals surface area (Å²) in [6, 6.07) is 9.75. The Balaban J connectivity index is 1.53. The topological polar surface area (TPSA) is 64.7 Å². The third-order valence-electron chi connectivity index (χ3n) is 4.08. The van der Waals surface area contributed by atoms with Crippen LogP contribution in [0.25, 0.3) is 0 Å². The van der Waals surface area contributed by atoms with E-state index in [9.17, 15) is 4.79 Å². The first-order valence-electron chi connectivity index (χ1n) is 8.57. The summed E-state index contributed by atoms with van der Waals surface area (Å²) >= 11 is 3.37. The Hall–Kier alpha value is -2.41. The summed E-state index contributed by atoms with van der Waals surface area (Å²) in [5.41, 5.74) is 3.85. The van der Waals surface area contributed by atoms with Gasteiger partial charge in [0.15, 0.2) is 0 Å². The number of carbonyl (C=O) groups is 1. The summed E-state index contributed by atoms with van der Waals surface area (Å²) in [7, 11) is 0. The van der Waals surface area contributed by atoms with Crippen LogP contribution in [0.5, 0.6) is 0 Å². The second-order valence-corrected chi connectivity index (χ2v) is 7.23. The highest BCUT2D eigenvalue weighted by Crippen LogP contribution is 2.10. The van der Waals surface area contributed by atoms with E-state index in [-0.39, 0.29) is 5.91 Å². The number of aryl methyl sites for hydroxylation is 3. The summed E-state index contributed by atoms with van der Waals surface area (Å²) in [5.74, 6) is -0.0538. The van der Waals surface area contributed by atoms with E-state index in [1.807, 2.05) is 53.7 Å². The molecule has 3 aromatic rings. The first-order chi connectivity index (χ1) is 12.5. The van der Waals surface area contributed by atoms with Crippen molar-refractivity contribution < 1.29 is 4.79 Å². The van der Waals surface area contributed by atoms with Crippen LogP contribution in [0, 0.1) is 13.8 Å². The molecule has 0 bridgehead atoms. The van der Waals surface area contributed by atoms with E-state index in [0.717, 1.165) is 34.4 Å². The van der Waals surface area contributed by atoms with Crippen LogP contribution in [-0.4, -0.2) is 32.0 Å². The normalized spacial score (nSPS) is 10.9. The molecule has 0 saturated carbocycles. The van der Waals surface area contributed by atoms with Crippen molar-refractivity contribution in [3.8, 4) is 0 Å². The van der Waals surface area contributed by atoms with Crippen molar-refractivity contribution in [2.45, 2.75) is 33.4 Å². The molecule has 0 spiro atoms. The molecule has 3 rings (SSSR count). The van der Waals surface area contributed by atoms with Gasteiger partial charge in [-0.1, -0.05) is 12.1 Å². The molecule has 1 N–H and O–H groups in total. The summed E-state index contributed by atoms with van der Waals surface area (Å²) in [6.07, 6.45) is 4.50. The van der Waals surface area contributed by atoms with Crippen molar-refractivity contribution >= 4 is 21.8 Å². The average molecular weight is 416 g/mol. The van der Waals surface area contributed by atoms with E-state index in [4.69, 9.17) is 0 Å². The van der Waals surface area contributed by atoms with Crippen LogP contribution >= 0.6 is 15.9 Å². The lowest BCUT2D eigenvalue weighted by Crippen LogP contribution is -2.25. The second kappa shape index (κ2) is 8.31. The second-order valence-electron chi connectivity index (χ2n) is 6.32. The van der Waals surface area contributed by atoms with Crippen LogP contribution in [0.1, 0.15) is 33.7 Å². The van der Waals surface area contributed by atoms with Crippen LogP contribution < -0.4 is 5.32 Å². The number of benzene rings is 1. The number of aromatic nitrogens is 4. The van der Waals surface area contributed by atoms with E-state index in [1.54, 1.807) is 6.20 Å². The van der Waals surface area contributed by atoms with Gasteiger partial charge >= 0.3 is 0 Å². The molecule has 1 aromatic carbocycles. The van der Waals surface area contributed by atoms with Gasteiger partial charge in [-0.2, -0.15) is 10.2 Å². The number of nitrogens with zero attached hydrogens (tertiary/aromatic N) is 4. The number of rotatable bonds is 7. The molecule has 0 aliphatic rings. The molecule has 7 heteroatoms. The van der Waals surface area contributed by atoms with Crippen LogP contribution in [0.2, 0.25) is 0 Å². The third-order valence-corrected chi connectivity index (χ3v) is 4.49. The molecular formula is C19H22BrN5O. The maximum atomic E-state index is 12.4. The van der Waals surface area contributed by atoms with Gasteiger partial charge in [-0.05, 0) is 60.0 Å². The zero-order valence-electron chi connectivity index (χ0n) is 14.9. The van der Waals surface area contributed by atoms with E-state index in [1.165, 1.54) is 0 Å². The van der Waals surface area contributed by atoms with Crippen LogP contribution in [0.4, 0.5) is 0 Å². The number of hydrogen-bond acceptors (Lipinski definition) is 3. The molecule has 136 valence electrons. The van der Waals surface area contributed by atoms with Crippen LogP contribution in [0.15, 0.2) is 47.2 Å². The molecular weight excluding hydrogens is 394 g/mol. The molecule has 2 heterocycles. The summed E-state index contributed by atoms with van der Waals surface area (Å²) < 4.78 is 4.76. The molecule has 0 atom stereocenters. The fraction of sp³-hybridized carbons (Fsp3) is 0.316. The molecule has 6 nitrogen and oxygen atoms in total. The smallest absolute Gasteiger partial charge is 0.251 e. The van der Waals surface area contributed by atoms with Gasteiger partial charge in [0.05, 0.1) is 22.9 Å². The van der Waals surface area contributed by atoms with Gasteiger partial charge in [0, 0.05) is 30.5 Å². The first kappa shape index (κ1) is 18.4. The van der Waals surface area contributed by atoms with E-state index in [2.05, 4.69) is 37.5 Å². The van der Waals surface area contributed by atoms with Crippen molar-refractivity contribution in [3.05, 3.63) is 69.7 Å². The van der Waals surface area contributed by atoms with Crippen LogP contribution in [0.3, 0.4) is 0 Å². The monoisotopic (exact) mass is 415 g/mol. The van der Waals surface area contributed by atoms with Gasteiger partial charge in [0.25, 0.3) is 5.91 Å². The minimum Gasteiger partial charge on any atom is -0.352 e. The van der Waals surface area contributed by atoms with Crippen molar-refractivity contribution in [1.29, 1.82) is 0 Å². The number of carbonyl (C=O) groups excluding carboxylic acids is 1. The molecule has 2 aromatic heterocycles. The molecule has 0 aliphatic heterocycles. The van der Waals surface area contributed by atoms with Gasteiger partial charge in [0.2, 0.25) is 0 Å². The zero-order chi connectivity index (χ0) is 18.5. The van der Waals surface area contributed by atoms with E-state index >= 15 is 0 Å². The third kappa shape index (κ3) is 4.82. The zero-order valence-corrected chi connectivity index (χ0v) is 16.5. The Morgan fingerprint density at radius 2 is 2.12 bits per heavy atom. The summed E-state index contributed by atoms with van der Waals surface area (Å²) in [5, 5.41) is 11.6. The Kier molecular flexibility index (Phi) is 5.88. The summed E-state index contributed by atoms with van der Waals surface area (Å²) in [6.45, 7) is 6.06. The lowest BCUT2D eigenvalue weighted by Gasteiger charge is -2.08. The van der Waals surface area contributed by atoms with Crippen molar-refractivity contribution in [2.24, 2.45) is 0 Å². The molecule has 0 radical (unpaired) electrons.